The Balaban J connectivity index is 1.83. The van der Waals surface area contributed by atoms with Crippen LogP contribution in [0.5, 0.6) is 0 Å². The first-order valence-electron chi connectivity index (χ1n) is 6.68. The van der Waals surface area contributed by atoms with Crippen LogP contribution in [0.3, 0.4) is 0 Å². The number of hydrogen-bond donors (Lipinski definition) is 2. The van der Waals surface area contributed by atoms with Crippen LogP contribution in [-0.2, 0) is 6.54 Å². The summed E-state index contributed by atoms with van der Waals surface area (Å²) in [6.45, 7) is 3.07. The topological polar surface area (TPSA) is 27.8 Å². The molecule has 2 heteroatoms. The van der Waals surface area contributed by atoms with E-state index >= 15 is 0 Å². The fraction of sp³-hybridized carbons (Fsp3) is 0.176. The Morgan fingerprint density at radius 3 is 2.68 bits per heavy atom. The molecule has 3 rings (SSSR count). The van der Waals surface area contributed by atoms with Crippen LogP contribution in [0.2, 0.25) is 0 Å². The highest BCUT2D eigenvalue weighted by Crippen LogP contribution is 2.24. The van der Waals surface area contributed by atoms with Crippen LogP contribution in [0.15, 0.2) is 60.8 Å². The van der Waals surface area contributed by atoms with Gasteiger partial charge in [0.1, 0.15) is 0 Å². The summed E-state index contributed by atoms with van der Waals surface area (Å²) in [6.07, 6.45) is 1.96. The van der Waals surface area contributed by atoms with Crippen LogP contribution in [0.1, 0.15) is 24.2 Å². The summed E-state index contributed by atoms with van der Waals surface area (Å²) in [6, 6.07) is 19.5. The third kappa shape index (κ3) is 2.54. The lowest BCUT2D eigenvalue weighted by molar-refractivity contribution is 0.572. The highest BCUT2D eigenvalue weighted by Gasteiger charge is 2.08. The minimum absolute atomic E-state index is 0.328. The lowest BCUT2D eigenvalue weighted by Gasteiger charge is -2.16. The molecule has 1 aromatic heterocycles. The zero-order valence-electron chi connectivity index (χ0n) is 11.1. The van der Waals surface area contributed by atoms with Crippen molar-refractivity contribution in [2.24, 2.45) is 0 Å². The Labute approximate surface area is 113 Å². The van der Waals surface area contributed by atoms with Crippen LogP contribution in [0, 0.1) is 0 Å². The predicted molar refractivity (Wildman–Crippen MR) is 80.0 cm³/mol. The molecule has 1 atom stereocenters. The van der Waals surface area contributed by atoms with Crippen LogP contribution in [0.4, 0.5) is 0 Å². The molecule has 19 heavy (non-hydrogen) atoms. The van der Waals surface area contributed by atoms with Gasteiger partial charge in [0.15, 0.2) is 0 Å². The lowest BCUT2D eigenvalue weighted by Crippen LogP contribution is -2.18. The quantitative estimate of drug-likeness (QED) is 0.719. The highest BCUT2D eigenvalue weighted by molar-refractivity contribution is 5.86. The minimum atomic E-state index is 0.328. The molecule has 0 fully saturated rings. The second-order valence-electron chi connectivity index (χ2n) is 4.87. The van der Waals surface area contributed by atoms with Crippen molar-refractivity contribution in [1.29, 1.82) is 0 Å². The van der Waals surface area contributed by atoms with Gasteiger partial charge in [0.2, 0.25) is 0 Å². The average Bonchev–Trinajstić information content (AvgIpc) is 2.97. The molecule has 2 N–H and O–H groups in total. The second-order valence-corrected chi connectivity index (χ2v) is 4.87. The first-order chi connectivity index (χ1) is 9.34. The molecule has 0 aliphatic carbocycles. The van der Waals surface area contributed by atoms with Gasteiger partial charge < -0.3 is 10.3 Å². The van der Waals surface area contributed by atoms with Gasteiger partial charge in [0.25, 0.3) is 0 Å². The maximum Gasteiger partial charge on any atom is 0.0362 e. The van der Waals surface area contributed by atoms with Crippen molar-refractivity contribution in [3.8, 4) is 0 Å². The van der Waals surface area contributed by atoms with Gasteiger partial charge >= 0.3 is 0 Å². The molecule has 1 heterocycles. The van der Waals surface area contributed by atoms with Gasteiger partial charge in [-0.1, -0.05) is 42.5 Å². The maximum atomic E-state index is 3.56. The van der Waals surface area contributed by atoms with Crippen LogP contribution in [0.25, 0.3) is 10.8 Å². The van der Waals surface area contributed by atoms with E-state index in [9.17, 15) is 0 Å². The van der Waals surface area contributed by atoms with Crippen molar-refractivity contribution in [3.05, 3.63) is 72.1 Å². The van der Waals surface area contributed by atoms with Crippen LogP contribution < -0.4 is 5.32 Å². The van der Waals surface area contributed by atoms with Crippen LogP contribution >= 0.6 is 0 Å². The van der Waals surface area contributed by atoms with E-state index < -0.39 is 0 Å². The monoisotopic (exact) mass is 250 g/mol. The number of fused-ring (bicyclic) bond motifs is 1. The standard InChI is InChI=1S/C17H18N2/c1-13(19-12-15-8-5-11-18-15)16-10-4-7-14-6-2-3-9-17(14)16/h2-11,13,18-19H,12H2,1H3. The highest BCUT2D eigenvalue weighted by atomic mass is 14.9. The van der Waals surface area contributed by atoms with Gasteiger partial charge in [-0.25, -0.2) is 0 Å². The molecule has 2 aromatic carbocycles. The Bertz CT molecular complexity index is 651. The Kier molecular flexibility index (Phi) is 3.34. The SMILES string of the molecule is CC(NCc1ccc[nH]1)c1cccc2ccccc12. The number of H-pyrrole nitrogens is 1. The summed E-state index contributed by atoms with van der Waals surface area (Å²) < 4.78 is 0. The molecule has 0 amide bonds. The van der Waals surface area contributed by atoms with Crippen molar-refractivity contribution in [2.75, 3.05) is 0 Å². The third-order valence-corrected chi connectivity index (χ3v) is 3.55. The van der Waals surface area contributed by atoms with E-state index in [1.807, 2.05) is 12.3 Å². The molecule has 0 spiro atoms. The average molecular weight is 250 g/mol. The van der Waals surface area contributed by atoms with E-state index in [4.69, 9.17) is 0 Å². The van der Waals surface area contributed by atoms with E-state index in [-0.39, 0.29) is 0 Å². The summed E-state index contributed by atoms with van der Waals surface area (Å²) in [5.74, 6) is 0. The molecule has 0 aliphatic rings. The summed E-state index contributed by atoms with van der Waals surface area (Å²) in [5, 5.41) is 6.19. The molecule has 0 saturated heterocycles. The minimum Gasteiger partial charge on any atom is -0.364 e. The predicted octanol–water partition coefficient (Wildman–Crippen LogP) is 4.02. The van der Waals surface area contributed by atoms with Crippen molar-refractivity contribution < 1.29 is 0 Å². The maximum absolute atomic E-state index is 3.56. The van der Waals surface area contributed by atoms with Crippen molar-refractivity contribution in [1.82, 2.24) is 10.3 Å². The summed E-state index contributed by atoms with van der Waals surface area (Å²) in [4.78, 5) is 3.22. The van der Waals surface area contributed by atoms with Crippen LogP contribution in [-0.4, -0.2) is 4.98 Å². The van der Waals surface area contributed by atoms with Crippen molar-refractivity contribution >= 4 is 10.8 Å². The first-order valence-corrected chi connectivity index (χ1v) is 6.68. The zero-order valence-corrected chi connectivity index (χ0v) is 11.1. The molecular weight excluding hydrogens is 232 g/mol. The Morgan fingerprint density at radius 1 is 1.00 bits per heavy atom. The van der Waals surface area contributed by atoms with Gasteiger partial charge in [0.05, 0.1) is 0 Å². The number of nitrogens with one attached hydrogen (secondary N) is 2. The van der Waals surface area contributed by atoms with Gasteiger partial charge in [-0.05, 0) is 35.4 Å². The number of rotatable bonds is 4. The van der Waals surface area contributed by atoms with E-state index in [1.54, 1.807) is 0 Å². The smallest absolute Gasteiger partial charge is 0.0362 e. The number of benzene rings is 2. The number of aromatic amines is 1. The lowest BCUT2D eigenvalue weighted by atomic mass is 10.00. The summed E-state index contributed by atoms with van der Waals surface area (Å²) in [5.41, 5.74) is 2.57. The molecule has 2 nitrogen and oxygen atoms in total. The van der Waals surface area contributed by atoms with Gasteiger partial charge in [-0.2, -0.15) is 0 Å². The molecular formula is C17H18N2. The normalized spacial score (nSPS) is 12.7. The Morgan fingerprint density at radius 2 is 1.84 bits per heavy atom. The molecule has 0 aliphatic heterocycles. The molecule has 0 radical (unpaired) electrons. The Hall–Kier alpha value is -2.06. The van der Waals surface area contributed by atoms with E-state index in [0.717, 1.165) is 6.54 Å². The number of aromatic nitrogens is 1. The van der Waals surface area contributed by atoms with Gasteiger partial charge in [-0.3, -0.25) is 0 Å². The summed E-state index contributed by atoms with van der Waals surface area (Å²) >= 11 is 0. The number of hydrogen-bond acceptors (Lipinski definition) is 1. The molecule has 96 valence electrons. The van der Waals surface area contributed by atoms with E-state index in [1.165, 1.54) is 22.0 Å². The van der Waals surface area contributed by atoms with Gasteiger partial charge in [-0.15, -0.1) is 0 Å². The third-order valence-electron chi connectivity index (χ3n) is 3.55. The molecule has 0 bridgehead atoms. The second kappa shape index (κ2) is 5.29. The molecule has 1 unspecified atom stereocenters. The fourth-order valence-corrected chi connectivity index (χ4v) is 2.48. The first kappa shape index (κ1) is 12.0. The summed E-state index contributed by atoms with van der Waals surface area (Å²) in [7, 11) is 0. The zero-order chi connectivity index (χ0) is 13.1. The van der Waals surface area contributed by atoms with Crippen molar-refractivity contribution in [2.45, 2.75) is 19.5 Å². The van der Waals surface area contributed by atoms with Gasteiger partial charge in [0, 0.05) is 24.5 Å². The largest absolute Gasteiger partial charge is 0.364 e. The molecule has 0 saturated carbocycles. The van der Waals surface area contributed by atoms with E-state index in [2.05, 4.69) is 65.8 Å². The fourth-order valence-electron chi connectivity index (χ4n) is 2.48. The van der Waals surface area contributed by atoms with Crippen molar-refractivity contribution in [3.63, 3.8) is 0 Å². The van der Waals surface area contributed by atoms with E-state index in [0.29, 0.717) is 6.04 Å². The molecule has 3 aromatic rings.